The molecular weight excluding hydrogens is 420 g/mol. The zero-order valence-corrected chi connectivity index (χ0v) is 18.0. The topological polar surface area (TPSA) is 151 Å². The van der Waals surface area contributed by atoms with Crippen molar-refractivity contribution in [2.24, 2.45) is 5.73 Å². The van der Waals surface area contributed by atoms with Crippen molar-refractivity contribution in [3.05, 3.63) is 41.4 Å². The van der Waals surface area contributed by atoms with Gasteiger partial charge in [0.25, 0.3) is 0 Å². The number of carbonyl (C=O) groups excluding carboxylic acids is 3. The Morgan fingerprint density at radius 3 is 2.42 bits per heavy atom. The number of aliphatic carboxylic acids is 1. The average molecular weight is 447 g/mol. The van der Waals surface area contributed by atoms with E-state index in [9.17, 15) is 19.2 Å². The van der Waals surface area contributed by atoms with Crippen molar-refractivity contribution >= 4 is 35.0 Å². The Morgan fingerprint density at radius 2 is 1.81 bits per heavy atom. The van der Waals surface area contributed by atoms with Crippen LogP contribution in [0.25, 0.3) is 10.6 Å². The molecule has 0 radical (unpaired) electrons. The Hall–Kier alpha value is -3.27. The number of carboxylic acids is 1. The molecule has 31 heavy (non-hydrogen) atoms. The van der Waals surface area contributed by atoms with Crippen molar-refractivity contribution in [1.82, 2.24) is 15.6 Å². The first-order valence-corrected chi connectivity index (χ1v) is 10.8. The zero-order chi connectivity index (χ0) is 22.8. The Labute approximate surface area is 184 Å². The Bertz CT molecular complexity index is 916. The molecule has 3 amide bonds. The number of amides is 3. The standard InChI is InChI=1S/C21H26N4O5S/c1-2-15(20(30)25-16(19(22)29)9-11-18(27)28)24-17(26)10-8-14-12-31-21(23-14)13-6-4-3-5-7-13/h3-7,12,15-16H,2,8-11H2,1H3,(H2,22,29)(H,24,26)(H,25,30)(H,27,28)/t15?,16-/m0/s1. The van der Waals surface area contributed by atoms with Crippen LogP contribution in [0.4, 0.5) is 0 Å². The highest BCUT2D eigenvalue weighted by Gasteiger charge is 2.25. The summed E-state index contributed by atoms with van der Waals surface area (Å²) in [7, 11) is 0. The molecule has 0 aliphatic heterocycles. The molecule has 0 fully saturated rings. The number of benzene rings is 1. The number of nitrogens with two attached hydrogens (primary N) is 1. The predicted octanol–water partition coefficient (Wildman–Crippen LogP) is 1.47. The number of nitrogens with one attached hydrogen (secondary N) is 2. The molecule has 2 rings (SSSR count). The third-order valence-electron chi connectivity index (χ3n) is 4.55. The molecule has 1 heterocycles. The summed E-state index contributed by atoms with van der Waals surface area (Å²) < 4.78 is 0. The summed E-state index contributed by atoms with van der Waals surface area (Å²) in [5.41, 5.74) is 7.03. The van der Waals surface area contributed by atoms with Crippen molar-refractivity contribution < 1.29 is 24.3 Å². The molecule has 0 aliphatic carbocycles. The monoisotopic (exact) mass is 446 g/mol. The normalized spacial score (nSPS) is 12.5. The summed E-state index contributed by atoms with van der Waals surface area (Å²) in [6.45, 7) is 1.72. The van der Waals surface area contributed by atoms with Gasteiger partial charge in [0.15, 0.2) is 0 Å². The number of carbonyl (C=O) groups is 4. The van der Waals surface area contributed by atoms with Crippen LogP contribution in [0.1, 0.15) is 38.3 Å². The van der Waals surface area contributed by atoms with Gasteiger partial charge < -0.3 is 21.5 Å². The fourth-order valence-corrected chi connectivity index (χ4v) is 3.68. The predicted molar refractivity (Wildman–Crippen MR) is 116 cm³/mol. The summed E-state index contributed by atoms with van der Waals surface area (Å²) in [6, 6.07) is 7.77. The first kappa shape index (κ1) is 24.0. The number of aromatic nitrogens is 1. The third kappa shape index (κ3) is 7.82. The lowest BCUT2D eigenvalue weighted by molar-refractivity contribution is -0.137. The van der Waals surface area contributed by atoms with E-state index in [2.05, 4.69) is 15.6 Å². The van der Waals surface area contributed by atoms with E-state index in [1.54, 1.807) is 6.92 Å². The molecule has 1 aromatic heterocycles. The number of carboxylic acid groups (broad SMARTS) is 1. The van der Waals surface area contributed by atoms with Gasteiger partial charge in [-0.05, 0) is 19.3 Å². The second-order valence-corrected chi connectivity index (χ2v) is 7.79. The van der Waals surface area contributed by atoms with Gasteiger partial charge in [-0.15, -0.1) is 11.3 Å². The third-order valence-corrected chi connectivity index (χ3v) is 5.49. The van der Waals surface area contributed by atoms with Gasteiger partial charge in [-0.3, -0.25) is 19.2 Å². The summed E-state index contributed by atoms with van der Waals surface area (Å²) >= 11 is 1.50. The second kappa shape index (κ2) is 11.8. The zero-order valence-electron chi connectivity index (χ0n) is 17.2. The highest BCUT2D eigenvalue weighted by Crippen LogP contribution is 2.23. The number of rotatable bonds is 12. The van der Waals surface area contributed by atoms with Crippen molar-refractivity contribution in [3.8, 4) is 10.6 Å². The van der Waals surface area contributed by atoms with E-state index in [4.69, 9.17) is 10.8 Å². The van der Waals surface area contributed by atoms with E-state index in [-0.39, 0.29) is 25.2 Å². The van der Waals surface area contributed by atoms with E-state index in [0.29, 0.717) is 12.8 Å². The van der Waals surface area contributed by atoms with E-state index in [1.807, 2.05) is 35.7 Å². The molecule has 0 spiro atoms. The molecular formula is C21H26N4O5S. The van der Waals surface area contributed by atoms with E-state index < -0.39 is 29.9 Å². The van der Waals surface area contributed by atoms with Crippen LogP contribution in [-0.4, -0.2) is 45.9 Å². The lowest BCUT2D eigenvalue weighted by Crippen LogP contribution is -2.52. The van der Waals surface area contributed by atoms with Crippen LogP contribution in [-0.2, 0) is 25.6 Å². The van der Waals surface area contributed by atoms with Crippen LogP contribution in [0.3, 0.4) is 0 Å². The van der Waals surface area contributed by atoms with Crippen LogP contribution in [0.2, 0.25) is 0 Å². The lowest BCUT2D eigenvalue weighted by Gasteiger charge is -2.20. The SMILES string of the molecule is CCC(NC(=O)CCc1csc(-c2ccccc2)n1)C(=O)N[C@@H](CCC(=O)O)C(N)=O. The molecule has 166 valence electrons. The number of hydrogen-bond donors (Lipinski definition) is 4. The van der Waals surface area contributed by atoms with Gasteiger partial charge in [-0.1, -0.05) is 37.3 Å². The maximum absolute atomic E-state index is 12.4. The van der Waals surface area contributed by atoms with E-state index in [0.717, 1.165) is 16.3 Å². The van der Waals surface area contributed by atoms with Crippen molar-refractivity contribution in [3.63, 3.8) is 0 Å². The number of thiazole rings is 1. The van der Waals surface area contributed by atoms with Crippen LogP contribution >= 0.6 is 11.3 Å². The Kier molecular flexibility index (Phi) is 9.13. The molecule has 9 nitrogen and oxygen atoms in total. The van der Waals surface area contributed by atoms with Crippen LogP contribution in [0, 0.1) is 0 Å². The van der Waals surface area contributed by atoms with Crippen LogP contribution in [0.15, 0.2) is 35.7 Å². The van der Waals surface area contributed by atoms with Crippen molar-refractivity contribution in [2.45, 2.75) is 51.1 Å². The summed E-state index contributed by atoms with van der Waals surface area (Å²) in [5, 5.41) is 16.6. The smallest absolute Gasteiger partial charge is 0.303 e. The second-order valence-electron chi connectivity index (χ2n) is 6.93. The maximum atomic E-state index is 12.4. The van der Waals surface area contributed by atoms with Crippen molar-refractivity contribution in [1.29, 1.82) is 0 Å². The molecule has 0 aliphatic rings. The Balaban J connectivity index is 1.86. The van der Waals surface area contributed by atoms with Gasteiger partial charge in [0.05, 0.1) is 5.69 Å². The highest BCUT2D eigenvalue weighted by atomic mass is 32.1. The minimum Gasteiger partial charge on any atom is -0.481 e. The summed E-state index contributed by atoms with van der Waals surface area (Å²) in [6.07, 6.45) is 0.455. The quantitative estimate of drug-likeness (QED) is 0.387. The van der Waals surface area contributed by atoms with E-state index >= 15 is 0 Å². The minimum atomic E-state index is -1.11. The first-order valence-electron chi connectivity index (χ1n) is 9.90. The van der Waals surface area contributed by atoms with Crippen LogP contribution < -0.4 is 16.4 Å². The summed E-state index contributed by atoms with van der Waals surface area (Å²) in [4.78, 5) is 51.4. The molecule has 0 bridgehead atoms. The number of aryl methyl sites for hydroxylation is 1. The van der Waals surface area contributed by atoms with Crippen molar-refractivity contribution in [2.75, 3.05) is 0 Å². The first-order chi connectivity index (χ1) is 14.8. The lowest BCUT2D eigenvalue weighted by atomic mass is 10.1. The largest absolute Gasteiger partial charge is 0.481 e. The molecule has 2 atom stereocenters. The molecule has 0 saturated carbocycles. The number of hydrogen-bond acceptors (Lipinski definition) is 6. The molecule has 1 unspecified atom stereocenters. The fourth-order valence-electron chi connectivity index (χ4n) is 2.82. The molecule has 5 N–H and O–H groups in total. The fraction of sp³-hybridized carbons (Fsp3) is 0.381. The van der Waals surface area contributed by atoms with Gasteiger partial charge in [-0.2, -0.15) is 0 Å². The Morgan fingerprint density at radius 1 is 1.10 bits per heavy atom. The molecule has 0 saturated heterocycles. The van der Waals surface area contributed by atoms with Gasteiger partial charge in [-0.25, -0.2) is 4.98 Å². The van der Waals surface area contributed by atoms with Gasteiger partial charge in [0.1, 0.15) is 17.1 Å². The molecule has 10 heteroatoms. The van der Waals surface area contributed by atoms with Gasteiger partial charge >= 0.3 is 5.97 Å². The van der Waals surface area contributed by atoms with Gasteiger partial charge in [0.2, 0.25) is 17.7 Å². The highest BCUT2D eigenvalue weighted by molar-refractivity contribution is 7.13. The van der Waals surface area contributed by atoms with Crippen LogP contribution in [0.5, 0.6) is 0 Å². The van der Waals surface area contributed by atoms with Gasteiger partial charge in [0, 0.05) is 23.8 Å². The average Bonchev–Trinajstić information content (AvgIpc) is 3.22. The molecule has 2 aromatic rings. The summed E-state index contributed by atoms with van der Waals surface area (Å²) in [5.74, 6) is -2.82. The molecule has 1 aromatic carbocycles. The number of nitrogens with zero attached hydrogens (tertiary/aromatic N) is 1. The maximum Gasteiger partial charge on any atom is 0.303 e. The minimum absolute atomic E-state index is 0.117. The van der Waals surface area contributed by atoms with E-state index in [1.165, 1.54) is 11.3 Å². The number of primary amides is 1.